The molecule has 2 N–H and O–H groups in total. The predicted molar refractivity (Wildman–Crippen MR) is 84.8 cm³/mol. The van der Waals surface area contributed by atoms with Gasteiger partial charge in [-0.3, -0.25) is 9.59 Å². The number of rotatable bonds is 5. The van der Waals surface area contributed by atoms with Crippen LogP contribution in [0, 0.1) is 5.92 Å². The van der Waals surface area contributed by atoms with Crippen molar-refractivity contribution in [2.24, 2.45) is 5.92 Å². The first-order valence-electron chi connectivity index (χ1n) is 7.94. The van der Waals surface area contributed by atoms with E-state index in [2.05, 4.69) is 5.32 Å². The molecule has 1 aromatic rings. The number of aliphatic hydroxyl groups excluding tert-OH is 1. The van der Waals surface area contributed by atoms with E-state index < -0.39 is 0 Å². The van der Waals surface area contributed by atoms with Crippen LogP contribution in [0.25, 0.3) is 0 Å². The minimum atomic E-state index is -0.143. The van der Waals surface area contributed by atoms with E-state index in [0.717, 1.165) is 19.3 Å². The van der Waals surface area contributed by atoms with Crippen molar-refractivity contribution in [3.8, 4) is 0 Å². The second-order valence-electron chi connectivity index (χ2n) is 5.75. The topological polar surface area (TPSA) is 69.6 Å². The van der Waals surface area contributed by atoms with Crippen molar-refractivity contribution < 1.29 is 14.7 Å². The van der Waals surface area contributed by atoms with Gasteiger partial charge in [0.25, 0.3) is 11.8 Å². The highest BCUT2D eigenvalue weighted by Crippen LogP contribution is 2.19. The molecule has 2 rings (SSSR count). The number of piperidine rings is 1. The molecule has 120 valence electrons. The molecule has 2 amide bonds. The summed E-state index contributed by atoms with van der Waals surface area (Å²) in [6.07, 6.45) is 2.54. The van der Waals surface area contributed by atoms with E-state index in [4.69, 9.17) is 5.11 Å². The zero-order chi connectivity index (χ0) is 15.9. The molecule has 1 aliphatic rings. The number of nitrogens with one attached hydrogen (secondary N) is 1. The van der Waals surface area contributed by atoms with Gasteiger partial charge in [-0.2, -0.15) is 0 Å². The fourth-order valence-corrected chi connectivity index (χ4v) is 2.64. The summed E-state index contributed by atoms with van der Waals surface area (Å²) in [6, 6.07) is 6.87. The number of hydrogen-bond donors (Lipinski definition) is 2. The van der Waals surface area contributed by atoms with Crippen LogP contribution in [0.15, 0.2) is 24.3 Å². The lowest BCUT2D eigenvalue weighted by atomic mass is 9.97. The van der Waals surface area contributed by atoms with Gasteiger partial charge in [0.1, 0.15) is 0 Å². The largest absolute Gasteiger partial charge is 0.396 e. The number of nitrogens with zero attached hydrogens (tertiary/aromatic N) is 1. The molecule has 0 radical (unpaired) electrons. The fraction of sp³-hybridized carbons (Fsp3) is 0.529. The van der Waals surface area contributed by atoms with E-state index in [1.54, 1.807) is 29.2 Å². The van der Waals surface area contributed by atoms with Gasteiger partial charge in [-0.15, -0.1) is 0 Å². The SMILES string of the molecule is CCCNC(=O)c1cccc(C(=O)N2CCC(CO)CC2)c1. The summed E-state index contributed by atoms with van der Waals surface area (Å²) < 4.78 is 0. The average Bonchev–Trinajstić information content (AvgIpc) is 2.59. The number of hydrogen-bond acceptors (Lipinski definition) is 3. The second-order valence-corrected chi connectivity index (χ2v) is 5.75. The molecule has 5 nitrogen and oxygen atoms in total. The van der Waals surface area contributed by atoms with E-state index in [-0.39, 0.29) is 18.4 Å². The van der Waals surface area contributed by atoms with E-state index >= 15 is 0 Å². The Bertz CT molecular complexity index is 522. The molecule has 0 aliphatic carbocycles. The lowest BCUT2D eigenvalue weighted by Gasteiger charge is -2.31. The molecule has 0 unspecified atom stereocenters. The van der Waals surface area contributed by atoms with Gasteiger partial charge in [0.05, 0.1) is 0 Å². The Labute approximate surface area is 131 Å². The molecule has 0 bridgehead atoms. The second kappa shape index (κ2) is 7.94. The third kappa shape index (κ3) is 4.07. The van der Waals surface area contributed by atoms with Crippen LogP contribution in [-0.4, -0.2) is 48.1 Å². The first kappa shape index (κ1) is 16.5. The van der Waals surface area contributed by atoms with E-state index in [0.29, 0.717) is 36.7 Å². The van der Waals surface area contributed by atoms with Crippen molar-refractivity contribution in [3.05, 3.63) is 35.4 Å². The highest BCUT2D eigenvalue weighted by molar-refractivity contribution is 5.99. The summed E-state index contributed by atoms with van der Waals surface area (Å²) in [5, 5.41) is 12.0. The van der Waals surface area contributed by atoms with Crippen LogP contribution in [0.2, 0.25) is 0 Å². The first-order chi connectivity index (χ1) is 10.7. The molecule has 0 aromatic heterocycles. The third-order valence-corrected chi connectivity index (χ3v) is 4.07. The Hall–Kier alpha value is -1.88. The van der Waals surface area contributed by atoms with Gasteiger partial charge in [-0.1, -0.05) is 13.0 Å². The van der Waals surface area contributed by atoms with Crippen LogP contribution in [0.1, 0.15) is 46.9 Å². The minimum Gasteiger partial charge on any atom is -0.396 e. The fourth-order valence-electron chi connectivity index (χ4n) is 2.64. The minimum absolute atomic E-state index is 0.0402. The lowest BCUT2D eigenvalue weighted by molar-refractivity contribution is 0.0651. The highest BCUT2D eigenvalue weighted by Gasteiger charge is 2.23. The number of carbonyl (C=O) groups is 2. The third-order valence-electron chi connectivity index (χ3n) is 4.07. The summed E-state index contributed by atoms with van der Waals surface area (Å²) in [7, 11) is 0. The molecule has 0 spiro atoms. The zero-order valence-corrected chi connectivity index (χ0v) is 13.0. The molecular weight excluding hydrogens is 280 g/mol. The van der Waals surface area contributed by atoms with Gasteiger partial charge < -0.3 is 15.3 Å². The van der Waals surface area contributed by atoms with E-state index in [1.165, 1.54) is 0 Å². The van der Waals surface area contributed by atoms with Crippen LogP contribution < -0.4 is 5.32 Å². The van der Waals surface area contributed by atoms with Gasteiger partial charge in [-0.25, -0.2) is 0 Å². The van der Waals surface area contributed by atoms with Crippen LogP contribution >= 0.6 is 0 Å². The van der Waals surface area contributed by atoms with Gasteiger partial charge in [0.15, 0.2) is 0 Å². The van der Waals surface area contributed by atoms with Crippen molar-refractivity contribution >= 4 is 11.8 Å². The zero-order valence-electron chi connectivity index (χ0n) is 13.0. The molecule has 1 aliphatic heterocycles. The Balaban J connectivity index is 2.03. The summed E-state index contributed by atoms with van der Waals surface area (Å²) >= 11 is 0. The van der Waals surface area contributed by atoms with Crippen LogP contribution in [0.5, 0.6) is 0 Å². The van der Waals surface area contributed by atoms with Crippen molar-refractivity contribution in [1.82, 2.24) is 10.2 Å². The molecule has 1 aromatic carbocycles. The van der Waals surface area contributed by atoms with E-state index in [1.807, 2.05) is 6.92 Å². The molecule has 1 saturated heterocycles. The van der Waals surface area contributed by atoms with Gasteiger partial charge in [-0.05, 0) is 43.4 Å². The smallest absolute Gasteiger partial charge is 0.253 e. The van der Waals surface area contributed by atoms with Gasteiger partial charge in [0, 0.05) is 37.4 Å². The Morgan fingerprint density at radius 1 is 1.27 bits per heavy atom. The summed E-state index contributed by atoms with van der Waals surface area (Å²) in [4.78, 5) is 26.3. The number of aliphatic hydroxyl groups is 1. The maximum atomic E-state index is 12.5. The molecule has 1 fully saturated rings. The molecule has 0 saturated carbocycles. The van der Waals surface area contributed by atoms with E-state index in [9.17, 15) is 9.59 Å². The Kier molecular flexibility index (Phi) is 5.95. The van der Waals surface area contributed by atoms with Crippen LogP contribution in [-0.2, 0) is 0 Å². The molecule has 0 atom stereocenters. The monoisotopic (exact) mass is 304 g/mol. The van der Waals surface area contributed by atoms with Gasteiger partial charge >= 0.3 is 0 Å². The quantitative estimate of drug-likeness (QED) is 0.869. The first-order valence-corrected chi connectivity index (χ1v) is 7.94. The molecular formula is C17H24N2O3. The van der Waals surface area contributed by atoms with Crippen molar-refractivity contribution in [2.75, 3.05) is 26.2 Å². The number of carbonyl (C=O) groups excluding carboxylic acids is 2. The number of likely N-dealkylation sites (tertiary alicyclic amines) is 1. The van der Waals surface area contributed by atoms with Crippen molar-refractivity contribution in [2.45, 2.75) is 26.2 Å². The summed E-state index contributed by atoms with van der Waals surface area (Å²) in [6.45, 7) is 4.14. The maximum Gasteiger partial charge on any atom is 0.253 e. The lowest BCUT2D eigenvalue weighted by Crippen LogP contribution is -2.39. The number of benzene rings is 1. The van der Waals surface area contributed by atoms with Crippen molar-refractivity contribution in [3.63, 3.8) is 0 Å². The summed E-state index contributed by atoms with van der Waals surface area (Å²) in [5.74, 6) is 0.118. The normalized spacial score (nSPS) is 15.6. The summed E-state index contributed by atoms with van der Waals surface area (Å²) in [5.41, 5.74) is 1.07. The Morgan fingerprint density at radius 3 is 2.59 bits per heavy atom. The average molecular weight is 304 g/mol. The molecule has 5 heteroatoms. The molecule has 1 heterocycles. The maximum absolute atomic E-state index is 12.5. The van der Waals surface area contributed by atoms with Gasteiger partial charge in [0.2, 0.25) is 0 Å². The molecule has 22 heavy (non-hydrogen) atoms. The number of amides is 2. The van der Waals surface area contributed by atoms with Crippen LogP contribution in [0.4, 0.5) is 0 Å². The van der Waals surface area contributed by atoms with Crippen molar-refractivity contribution in [1.29, 1.82) is 0 Å². The predicted octanol–water partition coefficient (Wildman–Crippen LogP) is 1.67. The Morgan fingerprint density at radius 2 is 1.95 bits per heavy atom. The van der Waals surface area contributed by atoms with Crippen LogP contribution in [0.3, 0.4) is 0 Å². The standard InChI is InChI=1S/C17H24N2O3/c1-2-8-18-16(21)14-4-3-5-15(11-14)17(22)19-9-6-13(12-20)7-10-19/h3-5,11,13,20H,2,6-10,12H2,1H3,(H,18,21). The highest BCUT2D eigenvalue weighted by atomic mass is 16.3.